The van der Waals surface area contributed by atoms with E-state index in [1.807, 2.05) is 85.7 Å². The fourth-order valence-corrected chi connectivity index (χ4v) is 7.90. The van der Waals surface area contributed by atoms with Crippen molar-refractivity contribution < 1.29 is 22.3 Å². The molecule has 1 aliphatic heterocycles. The molecule has 8 rings (SSSR count). The SMILES string of the molecule is CC[C@@H]([C@H](C)OCc1ccccc1)n1ncn(-c2ccc(N3CCN(c4ccc(-c5ccc(C(F)(F)[C@@](C)(c6ccc(F)cc6F)n6nn[nH]c6=O)nc5)cc4)CC3)cn2)c1=O. The van der Waals surface area contributed by atoms with E-state index in [1.165, 1.54) is 27.8 Å². The van der Waals surface area contributed by atoms with Gasteiger partial charge in [0.15, 0.2) is 5.54 Å². The molecule has 62 heavy (non-hydrogen) atoms. The Labute approximate surface area is 353 Å². The van der Waals surface area contributed by atoms with Gasteiger partial charge >= 0.3 is 17.3 Å². The van der Waals surface area contributed by atoms with E-state index in [0.717, 1.165) is 73.8 Å². The number of aromatic nitrogens is 9. The molecule has 0 saturated carbocycles. The number of alkyl halides is 2. The summed E-state index contributed by atoms with van der Waals surface area (Å²) in [5.74, 6) is -5.81. The molecule has 3 aromatic carbocycles. The Morgan fingerprint density at radius 1 is 0.823 bits per heavy atom. The van der Waals surface area contributed by atoms with Gasteiger partial charge in [-0.05, 0) is 78.2 Å². The second kappa shape index (κ2) is 17.2. The summed E-state index contributed by atoms with van der Waals surface area (Å²) >= 11 is 0. The van der Waals surface area contributed by atoms with Crippen molar-refractivity contribution in [2.24, 2.45) is 0 Å². The van der Waals surface area contributed by atoms with E-state index in [4.69, 9.17) is 4.74 Å². The quantitative estimate of drug-likeness (QED) is 0.121. The first-order chi connectivity index (χ1) is 29.9. The molecular formula is C44H43F4N11O3. The number of rotatable bonds is 14. The van der Waals surface area contributed by atoms with Gasteiger partial charge in [0, 0.05) is 55.3 Å². The molecule has 3 atom stereocenters. The lowest BCUT2D eigenvalue weighted by atomic mass is 9.83. The van der Waals surface area contributed by atoms with Crippen LogP contribution in [0.25, 0.3) is 16.9 Å². The molecule has 0 spiro atoms. The van der Waals surface area contributed by atoms with Crippen molar-refractivity contribution in [3.8, 4) is 16.9 Å². The molecule has 18 heteroatoms. The van der Waals surface area contributed by atoms with E-state index in [9.17, 15) is 14.0 Å². The molecule has 0 amide bonds. The molecule has 0 aliphatic carbocycles. The molecular weight excluding hydrogens is 807 g/mol. The molecule has 0 radical (unpaired) electrons. The molecule has 14 nitrogen and oxygen atoms in total. The molecule has 5 heterocycles. The van der Waals surface area contributed by atoms with Crippen LogP contribution < -0.4 is 21.2 Å². The van der Waals surface area contributed by atoms with Gasteiger partial charge in [0.1, 0.15) is 29.5 Å². The fourth-order valence-electron chi connectivity index (χ4n) is 7.90. The van der Waals surface area contributed by atoms with Gasteiger partial charge in [-0.1, -0.05) is 61.5 Å². The number of nitrogens with zero attached hydrogens (tertiary/aromatic N) is 10. The largest absolute Gasteiger partial charge is 0.372 e. The van der Waals surface area contributed by atoms with Crippen LogP contribution in [0.3, 0.4) is 0 Å². The number of piperazine rings is 1. The molecule has 320 valence electrons. The van der Waals surface area contributed by atoms with Crippen molar-refractivity contribution in [2.75, 3.05) is 36.0 Å². The number of hydrogen-bond donors (Lipinski definition) is 1. The van der Waals surface area contributed by atoms with Gasteiger partial charge in [0.2, 0.25) is 0 Å². The molecule has 1 N–H and O–H groups in total. The minimum Gasteiger partial charge on any atom is -0.372 e. The monoisotopic (exact) mass is 849 g/mol. The summed E-state index contributed by atoms with van der Waals surface area (Å²) in [7, 11) is 0. The molecule has 0 bridgehead atoms. The Morgan fingerprint density at radius 2 is 1.52 bits per heavy atom. The lowest BCUT2D eigenvalue weighted by Gasteiger charge is -2.37. The fraction of sp³-hybridized carbons (Fsp3) is 0.295. The van der Waals surface area contributed by atoms with E-state index >= 15 is 13.2 Å². The summed E-state index contributed by atoms with van der Waals surface area (Å²) in [6.07, 6.45) is 4.95. The normalized spacial score (nSPS) is 15.3. The van der Waals surface area contributed by atoms with Crippen LogP contribution in [0.5, 0.6) is 0 Å². The molecule has 1 fully saturated rings. The summed E-state index contributed by atoms with van der Waals surface area (Å²) in [4.78, 5) is 39.1. The first-order valence-corrected chi connectivity index (χ1v) is 20.1. The van der Waals surface area contributed by atoms with Crippen molar-refractivity contribution in [2.45, 2.75) is 57.4 Å². The zero-order valence-corrected chi connectivity index (χ0v) is 34.1. The van der Waals surface area contributed by atoms with Gasteiger partial charge < -0.3 is 14.5 Å². The third-order valence-corrected chi connectivity index (χ3v) is 11.6. The number of benzene rings is 3. The van der Waals surface area contributed by atoms with E-state index in [1.54, 1.807) is 6.20 Å². The summed E-state index contributed by atoms with van der Waals surface area (Å²) < 4.78 is 71.1. The van der Waals surface area contributed by atoms with Gasteiger partial charge in [0.25, 0.3) is 0 Å². The van der Waals surface area contributed by atoms with Crippen LogP contribution in [0.15, 0.2) is 125 Å². The lowest BCUT2D eigenvalue weighted by molar-refractivity contribution is -0.104. The maximum absolute atomic E-state index is 16.5. The molecule has 0 unspecified atom stereocenters. The van der Waals surface area contributed by atoms with Gasteiger partial charge in [0.05, 0.1) is 30.6 Å². The van der Waals surface area contributed by atoms with Crippen molar-refractivity contribution in [1.29, 1.82) is 0 Å². The third kappa shape index (κ3) is 7.88. The minimum absolute atomic E-state index is 0.246. The predicted molar refractivity (Wildman–Crippen MR) is 223 cm³/mol. The number of nitrogens with one attached hydrogen (secondary N) is 1. The molecule has 4 aromatic heterocycles. The highest BCUT2D eigenvalue weighted by Crippen LogP contribution is 2.47. The number of hydrogen-bond acceptors (Lipinski definition) is 10. The van der Waals surface area contributed by atoms with E-state index in [0.29, 0.717) is 35.2 Å². The molecule has 7 aromatic rings. The average Bonchev–Trinajstić information content (AvgIpc) is 3.91. The van der Waals surface area contributed by atoms with Crippen LogP contribution in [0.2, 0.25) is 0 Å². The number of anilines is 2. The van der Waals surface area contributed by atoms with Crippen molar-refractivity contribution >= 4 is 11.4 Å². The van der Waals surface area contributed by atoms with Crippen molar-refractivity contribution in [3.05, 3.63) is 165 Å². The second-order valence-corrected chi connectivity index (χ2v) is 15.2. The zero-order chi connectivity index (χ0) is 43.6. The Balaban J connectivity index is 0.896. The second-order valence-electron chi connectivity index (χ2n) is 15.2. The zero-order valence-electron chi connectivity index (χ0n) is 34.1. The Bertz CT molecular complexity index is 2730. The minimum atomic E-state index is -4.02. The highest BCUT2D eigenvalue weighted by molar-refractivity contribution is 5.66. The van der Waals surface area contributed by atoms with Crippen LogP contribution in [0.4, 0.5) is 28.9 Å². The Hall–Kier alpha value is -6.95. The molecule has 1 aliphatic rings. The highest BCUT2D eigenvalue weighted by atomic mass is 19.3. The third-order valence-electron chi connectivity index (χ3n) is 11.6. The van der Waals surface area contributed by atoms with Crippen LogP contribution in [-0.2, 0) is 22.8 Å². The first-order valence-electron chi connectivity index (χ1n) is 20.1. The lowest BCUT2D eigenvalue weighted by Crippen LogP contribution is -2.52. The predicted octanol–water partition coefficient (Wildman–Crippen LogP) is 6.49. The number of H-pyrrole nitrogens is 1. The summed E-state index contributed by atoms with van der Waals surface area (Å²) in [5.41, 5.74) is -1.37. The average molecular weight is 850 g/mol. The van der Waals surface area contributed by atoms with Gasteiger partial charge in [-0.15, -0.1) is 0 Å². The van der Waals surface area contributed by atoms with Crippen molar-refractivity contribution in [3.63, 3.8) is 0 Å². The van der Waals surface area contributed by atoms with Crippen LogP contribution in [0.1, 0.15) is 50.1 Å². The Morgan fingerprint density at radius 3 is 2.13 bits per heavy atom. The van der Waals surface area contributed by atoms with Crippen LogP contribution in [0, 0.1) is 11.6 Å². The number of tetrazole rings is 1. The van der Waals surface area contributed by atoms with E-state index in [-0.39, 0.29) is 17.8 Å². The number of ether oxygens (including phenoxy) is 1. The first kappa shape index (κ1) is 41.8. The summed E-state index contributed by atoms with van der Waals surface area (Å²) in [6.45, 7) is 8.21. The maximum atomic E-state index is 16.5. The molecule has 1 saturated heterocycles. The van der Waals surface area contributed by atoms with Gasteiger partial charge in [-0.25, -0.2) is 37.7 Å². The summed E-state index contributed by atoms with van der Waals surface area (Å²) in [5, 5.41) is 13.2. The maximum Gasteiger partial charge on any atom is 0.362 e. The standard InChI is InChI=1S/C44H43F4N11O3/c1-4-38(29(2)62-27-30-8-6-5-7-9-30)58-42(61)57(28-51-58)40-19-16-35(26-50-40)56-22-20-55(21-23-56)34-14-10-31(11-15-34)32-12-18-39(49-25-32)44(47,48)43(3,59-41(60)52-53-54-59)36-17-13-33(45)24-37(36)46/h5-19,24-26,28-29,38H,4,20-23,27H2,1-3H3,(H,52,54,60)/t29-,38-,43+/m0/s1. The van der Waals surface area contributed by atoms with Gasteiger partial charge in [-0.2, -0.15) is 18.6 Å². The summed E-state index contributed by atoms with van der Waals surface area (Å²) in [6, 6.07) is 25.7. The van der Waals surface area contributed by atoms with Crippen molar-refractivity contribution in [1.82, 2.24) is 44.5 Å². The Kier molecular flexibility index (Phi) is 11.6. The van der Waals surface area contributed by atoms with Crippen LogP contribution >= 0.6 is 0 Å². The highest BCUT2D eigenvalue weighted by Gasteiger charge is 2.58. The number of aromatic amines is 1. The van der Waals surface area contributed by atoms with E-state index in [2.05, 4.69) is 35.3 Å². The number of halogens is 4. The topological polar surface area (TPSA) is 145 Å². The number of pyridine rings is 2. The van der Waals surface area contributed by atoms with Gasteiger partial charge in [-0.3, -0.25) is 4.98 Å². The van der Waals surface area contributed by atoms with Crippen LogP contribution in [-0.4, -0.2) is 76.8 Å². The van der Waals surface area contributed by atoms with E-state index < -0.39 is 40.0 Å². The smallest absolute Gasteiger partial charge is 0.362 e.